The Kier molecular flexibility index (Phi) is 5.49. The molecule has 1 fully saturated rings. The van der Waals surface area contributed by atoms with Crippen molar-refractivity contribution in [1.29, 1.82) is 5.26 Å². The van der Waals surface area contributed by atoms with E-state index in [1.807, 2.05) is 12.1 Å². The van der Waals surface area contributed by atoms with Gasteiger partial charge in [-0.15, -0.1) is 0 Å². The van der Waals surface area contributed by atoms with Crippen molar-refractivity contribution >= 4 is 22.5 Å². The fourth-order valence-electron chi connectivity index (χ4n) is 3.86. The second kappa shape index (κ2) is 8.74. The molecule has 10 nitrogen and oxygen atoms in total. The van der Waals surface area contributed by atoms with Gasteiger partial charge in [0, 0.05) is 36.8 Å². The molecule has 0 radical (unpaired) electrons. The van der Waals surface area contributed by atoms with E-state index in [1.54, 1.807) is 24.5 Å². The van der Waals surface area contributed by atoms with E-state index in [2.05, 4.69) is 30.9 Å². The van der Waals surface area contributed by atoms with Gasteiger partial charge in [-0.25, -0.2) is 4.98 Å². The van der Waals surface area contributed by atoms with Gasteiger partial charge in [-0.3, -0.25) is 14.8 Å². The van der Waals surface area contributed by atoms with Crippen molar-refractivity contribution in [3.05, 3.63) is 48.2 Å². The van der Waals surface area contributed by atoms with Gasteiger partial charge < -0.3 is 25.4 Å². The number of aromatic nitrogens is 3. The van der Waals surface area contributed by atoms with Crippen LogP contribution in [-0.2, 0) is 11.3 Å². The van der Waals surface area contributed by atoms with Crippen molar-refractivity contribution in [2.24, 2.45) is 0 Å². The van der Waals surface area contributed by atoms with Crippen molar-refractivity contribution in [2.75, 3.05) is 25.1 Å². The van der Waals surface area contributed by atoms with E-state index in [-0.39, 0.29) is 23.7 Å². The molecule has 5 heterocycles. The molecule has 0 saturated carbocycles. The third-order valence-electron chi connectivity index (χ3n) is 5.51. The SMILES string of the molecule is N#Cc1cc2c(NC(=O)[C@@H]3C[C@@H](NCc4cc5c(cn4)OCCO5)CN3)ccnc2cn1. The maximum atomic E-state index is 12.8. The molecule has 32 heavy (non-hydrogen) atoms. The number of hydrogen-bond acceptors (Lipinski definition) is 9. The summed E-state index contributed by atoms with van der Waals surface area (Å²) in [5, 5.41) is 19.5. The largest absolute Gasteiger partial charge is 0.486 e. The molecule has 1 amide bonds. The molecule has 3 N–H and O–H groups in total. The number of carbonyl (C=O) groups is 1. The van der Waals surface area contributed by atoms with Crippen LogP contribution in [-0.4, -0.2) is 52.7 Å². The highest BCUT2D eigenvalue weighted by Crippen LogP contribution is 2.29. The summed E-state index contributed by atoms with van der Waals surface area (Å²) in [5.41, 5.74) is 2.36. The zero-order valence-electron chi connectivity index (χ0n) is 17.2. The van der Waals surface area contributed by atoms with Gasteiger partial charge in [-0.1, -0.05) is 0 Å². The molecule has 3 aromatic heterocycles. The molecular formula is C22H21N7O3. The number of pyridine rings is 3. The van der Waals surface area contributed by atoms with Crippen LogP contribution in [0.15, 0.2) is 36.8 Å². The van der Waals surface area contributed by atoms with Crippen molar-refractivity contribution in [3.8, 4) is 17.6 Å². The number of hydrogen-bond donors (Lipinski definition) is 3. The first-order valence-corrected chi connectivity index (χ1v) is 10.4. The number of nitriles is 1. The Morgan fingerprint density at radius 3 is 2.94 bits per heavy atom. The monoisotopic (exact) mass is 431 g/mol. The molecule has 162 valence electrons. The number of nitrogens with zero attached hydrogens (tertiary/aromatic N) is 4. The molecular weight excluding hydrogens is 410 g/mol. The first-order valence-electron chi connectivity index (χ1n) is 10.4. The zero-order valence-corrected chi connectivity index (χ0v) is 17.2. The Balaban J connectivity index is 1.19. The summed E-state index contributed by atoms with van der Waals surface area (Å²) >= 11 is 0. The van der Waals surface area contributed by atoms with Crippen LogP contribution in [0.25, 0.3) is 10.9 Å². The van der Waals surface area contributed by atoms with Crippen molar-refractivity contribution in [2.45, 2.75) is 25.0 Å². The van der Waals surface area contributed by atoms with Gasteiger partial charge in [-0.2, -0.15) is 5.26 Å². The lowest BCUT2D eigenvalue weighted by Gasteiger charge is -2.19. The number of carbonyl (C=O) groups excluding carboxylic acids is 1. The summed E-state index contributed by atoms with van der Waals surface area (Å²) in [6.45, 7) is 2.31. The second-order valence-electron chi connectivity index (χ2n) is 7.64. The smallest absolute Gasteiger partial charge is 0.241 e. The number of amides is 1. The third kappa shape index (κ3) is 4.16. The Morgan fingerprint density at radius 1 is 1.19 bits per heavy atom. The molecule has 2 aliphatic heterocycles. The maximum absolute atomic E-state index is 12.8. The van der Waals surface area contributed by atoms with Gasteiger partial charge in [0.25, 0.3) is 0 Å². The van der Waals surface area contributed by atoms with Crippen LogP contribution >= 0.6 is 0 Å². The van der Waals surface area contributed by atoms with Crippen LogP contribution in [0.4, 0.5) is 5.69 Å². The van der Waals surface area contributed by atoms with Crippen LogP contribution in [0, 0.1) is 11.3 Å². The number of fused-ring (bicyclic) bond motifs is 2. The number of nitrogens with one attached hydrogen (secondary N) is 3. The molecule has 0 aromatic carbocycles. The number of anilines is 1. The molecule has 3 aromatic rings. The quantitative estimate of drug-likeness (QED) is 0.543. The summed E-state index contributed by atoms with van der Waals surface area (Å²) in [4.78, 5) is 25.5. The molecule has 0 aliphatic carbocycles. The molecule has 1 saturated heterocycles. The van der Waals surface area contributed by atoms with Gasteiger partial charge in [0.05, 0.1) is 35.3 Å². The summed E-state index contributed by atoms with van der Waals surface area (Å²) < 4.78 is 11.1. The summed E-state index contributed by atoms with van der Waals surface area (Å²) in [6.07, 6.45) is 5.47. The van der Waals surface area contributed by atoms with Crippen molar-refractivity contribution in [1.82, 2.24) is 25.6 Å². The van der Waals surface area contributed by atoms with E-state index in [1.165, 1.54) is 6.20 Å². The molecule has 0 unspecified atom stereocenters. The highest BCUT2D eigenvalue weighted by atomic mass is 16.6. The fraction of sp³-hybridized carbons (Fsp3) is 0.318. The van der Waals surface area contributed by atoms with Crippen molar-refractivity contribution < 1.29 is 14.3 Å². The Labute approximate surface area is 184 Å². The maximum Gasteiger partial charge on any atom is 0.241 e. The standard InChI is InChI=1S/C22H21N7O3/c23-8-13-5-16-17(1-2-24-19(16)11-26-13)29-22(30)18-6-14(10-28-18)25-9-15-7-20-21(12-27-15)32-4-3-31-20/h1-2,5,7,11-12,14,18,25,28H,3-4,6,9-10H2,(H,24,29,30)/t14-,18+/m1/s1. The summed E-state index contributed by atoms with van der Waals surface area (Å²) in [7, 11) is 0. The minimum Gasteiger partial charge on any atom is -0.486 e. The molecule has 10 heteroatoms. The van der Waals surface area contributed by atoms with Crippen LogP contribution in [0.5, 0.6) is 11.5 Å². The van der Waals surface area contributed by atoms with E-state index in [0.717, 1.165) is 5.69 Å². The van der Waals surface area contributed by atoms with E-state index in [0.29, 0.717) is 60.8 Å². The zero-order chi connectivity index (χ0) is 21.9. The van der Waals surface area contributed by atoms with Gasteiger partial charge in [0.2, 0.25) is 5.91 Å². The molecule has 0 bridgehead atoms. The minimum absolute atomic E-state index is 0.129. The predicted molar refractivity (Wildman–Crippen MR) is 115 cm³/mol. The lowest BCUT2D eigenvalue weighted by molar-refractivity contribution is -0.117. The summed E-state index contributed by atoms with van der Waals surface area (Å²) in [6, 6.07) is 7.04. The minimum atomic E-state index is -0.332. The Hall–Kier alpha value is -3.81. The normalized spacial score (nSPS) is 19.5. The lowest BCUT2D eigenvalue weighted by Crippen LogP contribution is -2.35. The highest BCUT2D eigenvalue weighted by Gasteiger charge is 2.29. The first-order chi connectivity index (χ1) is 15.7. The van der Waals surface area contributed by atoms with Crippen LogP contribution < -0.4 is 25.4 Å². The fourth-order valence-corrected chi connectivity index (χ4v) is 3.86. The van der Waals surface area contributed by atoms with Crippen LogP contribution in [0.3, 0.4) is 0 Å². The van der Waals surface area contributed by atoms with Gasteiger partial charge >= 0.3 is 0 Å². The number of rotatable bonds is 5. The lowest BCUT2D eigenvalue weighted by atomic mass is 10.1. The average Bonchev–Trinajstić information content (AvgIpc) is 3.32. The number of ether oxygens (including phenoxy) is 2. The van der Waals surface area contributed by atoms with E-state index in [9.17, 15) is 4.79 Å². The Morgan fingerprint density at radius 2 is 2.06 bits per heavy atom. The van der Waals surface area contributed by atoms with Crippen LogP contribution in [0.2, 0.25) is 0 Å². The topological polar surface area (TPSA) is 134 Å². The summed E-state index contributed by atoms with van der Waals surface area (Å²) in [5.74, 6) is 1.25. The van der Waals surface area contributed by atoms with E-state index in [4.69, 9.17) is 14.7 Å². The first kappa shape index (κ1) is 20.1. The molecule has 2 aliphatic rings. The van der Waals surface area contributed by atoms with E-state index >= 15 is 0 Å². The van der Waals surface area contributed by atoms with Crippen LogP contribution in [0.1, 0.15) is 17.8 Å². The Bertz CT molecular complexity index is 1210. The van der Waals surface area contributed by atoms with Gasteiger partial charge in [-0.05, 0) is 18.6 Å². The molecule has 5 rings (SSSR count). The average molecular weight is 431 g/mol. The highest BCUT2D eigenvalue weighted by molar-refractivity contribution is 6.02. The second-order valence-corrected chi connectivity index (χ2v) is 7.64. The molecule has 0 spiro atoms. The van der Waals surface area contributed by atoms with E-state index < -0.39 is 0 Å². The molecule has 2 atom stereocenters. The third-order valence-corrected chi connectivity index (χ3v) is 5.51. The predicted octanol–water partition coefficient (Wildman–Crippen LogP) is 1.13. The van der Waals surface area contributed by atoms with Gasteiger partial charge in [0.15, 0.2) is 11.5 Å². The van der Waals surface area contributed by atoms with Crippen molar-refractivity contribution in [3.63, 3.8) is 0 Å². The van der Waals surface area contributed by atoms with Gasteiger partial charge in [0.1, 0.15) is 25.0 Å².